The number of imide groups is 1. The number of carbonyl (C=O) groups excluding carboxylic acids is 3. The summed E-state index contributed by atoms with van der Waals surface area (Å²) in [5.41, 5.74) is 1.65. The number of nitrogens with one attached hydrogen (secondary N) is 2. The van der Waals surface area contributed by atoms with E-state index in [9.17, 15) is 14.4 Å². The lowest BCUT2D eigenvalue weighted by Crippen LogP contribution is -3.12. The van der Waals surface area contributed by atoms with Crippen molar-refractivity contribution in [2.75, 3.05) is 26.2 Å². The van der Waals surface area contributed by atoms with E-state index in [0.717, 1.165) is 23.6 Å². The van der Waals surface area contributed by atoms with Gasteiger partial charge in [-0.1, -0.05) is 41.9 Å². The van der Waals surface area contributed by atoms with Crippen molar-refractivity contribution in [2.45, 2.75) is 19.9 Å². The molecular formula is C22H25ClN3O3+. The van der Waals surface area contributed by atoms with Gasteiger partial charge in [0.1, 0.15) is 12.6 Å². The summed E-state index contributed by atoms with van der Waals surface area (Å²) >= 11 is 6.40. The van der Waals surface area contributed by atoms with Gasteiger partial charge in [0.15, 0.2) is 0 Å². The van der Waals surface area contributed by atoms with Crippen molar-refractivity contribution in [1.29, 1.82) is 0 Å². The number of fused-ring (bicyclic) bond motifs is 1. The fourth-order valence-corrected chi connectivity index (χ4v) is 4.04. The van der Waals surface area contributed by atoms with Crippen LogP contribution in [0.5, 0.6) is 0 Å². The van der Waals surface area contributed by atoms with Crippen LogP contribution in [0.2, 0.25) is 5.02 Å². The fraction of sp³-hybridized carbons (Fsp3) is 0.318. The van der Waals surface area contributed by atoms with Crippen molar-refractivity contribution in [3.05, 3.63) is 70.2 Å². The van der Waals surface area contributed by atoms with Gasteiger partial charge in [0, 0.05) is 10.6 Å². The van der Waals surface area contributed by atoms with Gasteiger partial charge in [0.2, 0.25) is 5.91 Å². The van der Waals surface area contributed by atoms with Crippen LogP contribution >= 0.6 is 11.6 Å². The highest BCUT2D eigenvalue weighted by Gasteiger charge is 2.36. The maximum absolute atomic E-state index is 12.6. The van der Waals surface area contributed by atoms with Crippen LogP contribution in [-0.4, -0.2) is 48.8 Å². The number of hydrogen-bond acceptors (Lipinski definition) is 3. The zero-order valence-corrected chi connectivity index (χ0v) is 17.3. The van der Waals surface area contributed by atoms with Crippen molar-refractivity contribution in [2.24, 2.45) is 0 Å². The van der Waals surface area contributed by atoms with E-state index in [1.165, 1.54) is 4.90 Å². The molecule has 0 spiro atoms. The number of carbonyl (C=O) groups is 3. The highest BCUT2D eigenvalue weighted by molar-refractivity contribution is 6.31. The molecule has 3 rings (SSSR count). The normalized spacial score (nSPS) is 14.3. The number of halogens is 1. The largest absolute Gasteiger partial charge is 0.348 e. The lowest BCUT2D eigenvalue weighted by molar-refractivity contribution is -0.927. The van der Waals surface area contributed by atoms with Gasteiger partial charge in [-0.25, -0.2) is 0 Å². The van der Waals surface area contributed by atoms with Gasteiger partial charge in [-0.05, 0) is 32.0 Å². The van der Waals surface area contributed by atoms with E-state index in [0.29, 0.717) is 22.7 Å². The molecule has 0 aromatic heterocycles. The summed E-state index contributed by atoms with van der Waals surface area (Å²) in [4.78, 5) is 39.7. The summed E-state index contributed by atoms with van der Waals surface area (Å²) in [6.07, 6.45) is 0. The summed E-state index contributed by atoms with van der Waals surface area (Å²) in [7, 11) is 0. The molecule has 0 bridgehead atoms. The zero-order chi connectivity index (χ0) is 21.0. The first-order chi connectivity index (χ1) is 14.0. The van der Waals surface area contributed by atoms with E-state index in [1.54, 1.807) is 24.3 Å². The maximum Gasteiger partial charge on any atom is 0.262 e. The van der Waals surface area contributed by atoms with E-state index in [1.807, 2.05) is 24.3 Å². The molecule has 0 unspecified atom stereocenters. The smallest absolute Gasteiger partial charge is 0.262 e. The number of likely N-dealkylation sites (N-methyl/N-ethyl adjacent to an activating group) is 1. The number of nitrogens with zero attached hydrogens (tertiary/aromatic N) is 1. The Balaban J connectivity index is 1.69. The fourth-order valence-electron chi connectivity index (χ4n) is 3.77. The van der Waals surface area contributed by atoms with Gasteiger partial charge in [-0.2, -0.15) is 0 Å². The zero-order valence-electron chi connectivity index (χ0n) is 16.6. The number of quaternary nitrogens is 1. The second-order valence-corrected chi connectivity index (χ2v) is 7.39. The van der Waals surface area contributed by atoms with Crippen molar-refractivity contribution in [3.63, 3.8) is 0 Å². The molecule has 29 heavy (non-hydrogen) atoms. The number of hydrogen-bond donors (Lipinski definition) is 2. The molecule has 2 N–H and O–H groups in total. The molecule has 0 saturated heterocycles. The molecule has 1 aliphatic rings. The average molecular weight is 415 g/mol. The number of amides is 3. The Morgan fingerprint density at radius 1 is 1.00 bits per heavy atom. The van der Waals surface area contributed by atoms with Gasteiger partial charge < -0.3 is 10.2 Å². The standard InChI is InChI=1S/C22H24ClN3O3/c1-3-25(4-2)19(17-11-7-8-12-18(17)23)13-24-20(27)14-26-21(28)15-9-5-6-10-16(15)22(26)29/h5-12,19H,3-4,13-14H2,1-2H3,(H,24,27)/p+1/t19-/m0/s1. The first-order valence-corrected chi connectivity index (χ1v) is 10.2. The monoisotopic (exact) mass is 414 g/mol. The van der Waals surface area contributed by atoms with Crippen molar-refractivity contribution in [3.8, 4) is 0 Å². The highest BCUT2D eigenvalue weighted by Crippen LogP contribution is 2.22. The third kappa shape index (κ3) is 4.33. The van der Waals surface area contributed by atoms with Crippen molar-refractivity contribution in [1.82, 2.24) is 10.2 Å². The van der Waals surface area contributed by atoms with E-state index in [-0.39, 0.29) is 18.5 Å². The van der Waals surface area contributed by atoms with Crippen LogP contribution < -0.4 is 10.2 Å². The Kier molecular flexibility index (Phi) is 6.67. The molecule has 2 aromatic rings. The molecule has 0 aliphatic carbocycles. The van der Waals surface area contributed by atoms with Crippen LogP contribution in [0.15, 0.2) is 48.5 Å². The summed E-state index contributed by atoms with van der Waals surface area (Å²) in [5.74, 6) is -1.24. The molecule has 152 valence electrons. The lowest BCUT2D eigenvalue weighted by atomic mass is 10.0. The molecule has 6 nitrogen and oxygen atoms in total. The highest BCUT2D eigenvalue weighted by atomic mass is 35.5. The molecule has 0 radical (unpaired) electrons. The van der Waals surface area contributed by atoms with E-state index < -0.39 is 11.8 Å². The molecule has 1 atom stereocenters. The summed E-state index contributed by atoms with van der Waals surface area (Å²) in [6.45, 7) is 5.99. The van der Waals surface area contributed by atoms with Gasteiger partial charge in [-0.15, -0.1) is 0 Å². The first-order valence-electron chi connectivity index (χ1n) is 9.78. The van der Waals surface area contributed by atoms with E-state index in [2.05, 4.69) is 19.2 Å². The summed E-state index contributed by atoms with van der Waals surface area (Å²) in [5, 5.41) is 3.55. The van der Waals surface area contributed by atoms with Crippen LogP contribution in [-0.2, 0) is 4.79 Å². The molecule has 1 heterocycles. The first kappa shape index (κ1) is 21.0. The van der Waals surface area contributed by atoms with Crippen LogP contribution in [0, 0.1) is 0 Å². The van der Waals surface area contributed by atoms with Gasteiger partial charge in [-0.3, -0.25) is 19.3 Å². The number of rotatable bonds is 8. The predicted octanol–water partition coefficient (Wildman–Crippen LogP) is 1.72. The van der Waals surface area contributed by atoms with Crippen LogP contribution in [0.25, 0.3) is 0 Å². The predicted molar refractivity (Wildman–Crippen MR) is 111 cm³/mol. The second-order valence-electron chi connectivity index (χ2n) is 6.99. The van der Waals surface area contributed by atoms with Gasteiger partial charge in [0.05, 0.1) is 30.8 Å². The average Bonchev–Trinajstić information content (AvgIpc) is 2.97. The summed E-state index contributed by atoms with van der Waals surface area (Å²) in [6, 6.07) is 14.2. The molecule has 1 aliphatic heterocycles. The SMILES string of the molecule is CC[NH+](CC)[C@@H](CNC(=O)CN1C(=O)c2ccccc2C1=O)c1ccccc1Cl. The maximum atomic E-state index is 12.6. The Hall–Kier alpha value is -2.70. The second kappa shape index (κ2) is 9.20. The number of benzene rings is 2. The van der Waals surface area contributed by atoms with Crippen LogP contribution in [0.3, 0.4) is 0 Å². The topological polar surface area (TPSA) is 70.9 Å². The van der Waals surface area contributed by atoms with Crippen molar-refractivity contribution < 1.29 is 19.3 Å². The molecule has 7 heteroatoms. The molecule has 0 fully saturated rings. The Morgan fingerprint density at radius 2 is 1.55 bits per heavy atom. The minimum Gasteiger partial charge on any atom is -0.348 e. The Labute approximate surface area is 175 Å². The Bertz CT molecular complexity index is 892. The van der Waals surface area contributed by atoms with Crippen LogP contribution in [0.4, 0.5) is 0 Å². The van der Waals surface area contributed by atoms with Gasteiger partial charge in [0.25, 0.3) is 11.8 Å². The van der Waals surface area contributed by atoms with Crippen LogP contribution in [0.1, 0.15) is 46.2 Å². The Morgan fingerprint density at radius 3 is 2.10 bits per heavy atom. The molecular weight excluding hydrogens is 390 g/mol. The minimum atomic E-state index is -0.433. The van der Waals surface area contributed by atoms with Crippen molar-refractivity contribution >= 4 is 29.3 Å². The minimum absolute atomic E-state index is 0.0233. The van der Waals surface area contributed by atoms with E-state index in [4.69, 9.17) is 11.6 Å². The lowest BCUT2D eigenvalue weighted by Gasteiger charge is -2.28. The third-order valence-corrected chi connectivity index (χ3v) is 5.71. The van der Waals surface area contributed by atoms with Gasteiger partial charge >= 0.3 is 0 Å². The molecule has 3 amide bonds. The third-order valence-electron chi connectivity index (χ3n) is 5.36. The molecule has 2 aromatic carbocycles. The molecule has 0 saturated carbocycles. The quantitative estimate of drug-likeness (QED) is 0.646. The summed E-state index contributed by atoms with van der Waals surface area (Å²) < 4.78 is 0. The van der Waals surface area contributed by atoms with E-state index >= 15 is 0 Å².